The molecule has 1 aromatic heterocycles. The molecule has 0 aliphatic carbocycles. The summed E-state index contributed by atoms with van der Waals surface area (Å²) in [4.78, 5) is 2.43. The predicted molar refractivity (Wildman–Crippen MR) is 75.1 cm³/mol. The second-order valence-corrected chi connectivity index (χ2v) is 4.71. The lowest BCUT2D eigenvalue weighted by Crippen LogP contribution is -2.17. The van der Waals surface area contributed by atoms with Gasteiger partial charge < -0.3 is 14.9 Å². The number of nitrogens with zero attached hydrogens (tertiary/aromatic N) is 2. The zero-order valence-electron chi connectivity index (χ0n) is 10.3. The normalized spacial score (nSPS) is 15.0. The lowest BCUT2D eigenvalue weighted by molar-refractivity contribution is 0.949. The maximum atomic E-state index is 7.22. The Morgan fingerprint density at radius 1 is 0.944 bits per heavy atom. The van der Waals surface area contributed by atoms with Crippen LogP contribution < -0.4 is 4.90 Å². The lowest BCUT2D eigenvalue weighted by Gasteiger charge is -2.17. The van der Waals surface area contributed by atoms with Crippen molar-refractivity contribution in [2.45, 2.75) is 12.8 Å². The highest BCUT2D eigenvalue weighted by Crippen LogP contribution is 2.21. The highest BCUT2D eigenvalue weighted by molar-refractivity contribution is 5.76. The number of anilines is 1. The molecular weight excluding hydrogens is 222 g/mol. The van der Waals surface area contributed by atoms with E-state index in [2.05, 4.69) is 29.2 Å². The molecule has 0 amide bonds. The molecule has 1 aliphatic rings. The standard InChI is InChI=1S/C15H17N3/c16-11-13-7-10-18(12-13)15-5-3-14(4-6-15)17-8-1-2-9-17/h3-7,10-12,16H,1-2,8-9H2. The van der Waals surface area contributed by atoms with E-state index in [9.17, 15) is 0 Å². The van der Waals surface area contributed by atoms with Gasteiger partial charge in [-0.25, -0.2) is 0 Å². The number of aromatic nitrogens is 1. The highest BCUT2D eigenvalue weighted by Gasteiger charge is 2.11. The van der Waals surface area contributed by atoms with Gasteiger partial charge in [0.15, 0.2) is 0 Å². The van der Waals surface area contributed by atoms with Crippen LogP contribution in [0.4, 0.5) is 5.69 Å². The van der Waals surface area contributed by atoms with E-state index in [1.807, 2.05) is 23.0 Å². The molecule has 2 heterocycles. The molecule has 3 rings (SSSR count). The molecule has 0 spiro atoms. The van der Waals surface area contributed by atoms with Gasteiger partial charge in [0.1, 0.15) is 0 Å². The van der Waals surface area contributed by atoms with Crippen molar-refractivity contribution in [1.82, 2.24) is 4.57 Å². The van der Waals surface area contributed by atoms with Crippen molar-refractivity contribution >= 4 is 11.9 Å². The molecule has 0 saturated carbocycles. The quantitative estimate of drug-likeness (QED) is 0.820. The number of hydrogen-bond acceptors (Lipinski definition) is 2. The number of nitrogens with one attached hydrogen (secondary N) is 1. The lowest BCUT2D eigenvalue weighted by atomic mass is 10.2. The predicted octanol–water partition coefficient (Wildman–Crippen LogP) is 3.08. The van der Waals surface area contributed by atoms with E-state index >= 15 is 0 Å². The molecule has 1 N–H and O–H groups in total. The van der Waals surface area contributed by atoms with Gasteiger partial charge in [-0.15, -0.1) is 0 Å². The molecule has 0 unspecified atom stereocenters. The minimum Gasteiger partial charge on any atom is -0.372 e. The van der Waals surface area contributed by atoms with E-state index in [4.69, 9.17) is 5.41 Å². The van der Waals surface area contributed by atoms with E-state index in [1.165, 1.54) is 37.8 Å². The van der Waals surface area contributed by atoms with Crippen LogP contribution in [0, 0.1) is 5.41 Å². The summed E-state index contributed by atoms with van der Waals surface area (Å²) in [5, 5.41) is 7.22. The van der Waals surface area contributed by atoms with Gasteiger partial charge in [0.2, 0.25) is 0 Å². The van der Waals surface area contributed by atoms with Crippen molar-refractivity contribution in [1.29, 1.82) is 5.41 Å². The Morgan fingerprint density at radius 2 is 1.61 bits per heavy atom. The van der Waals surface area contributed by atoms with Crippen LogP contribution in [0.1, 0.15) is 18.4 Å². The Morgan fingerprint density at radius 3 is 2.22 bits per heavy atom. The molecule has 3 heteroatoms. The molecule has 18 heavy (non-hydrogen) atoms. The smallest absolute Gasteiger partial charge is 0.0451 e. The average molecular weight is 239 g/mol. The second-order valence-electron chi connectivity index (χ2n) is 4.71. The van der Waals surface area contributed by atoms with Gasteiger partial charge in [0, 0.05) is 48.6 Å². The van der Waals surface area contributed by atoms with Crippen LogP contribution in [0.2, 0.25) is 0 Å². The van der Waals surface area contributed by atoms with Crippen molar-refractivity contribution in [3.8, 4) is 5.69 Å². The van der Waals surface area contributed by atoms with Crippen LogP contribution in [0.15, 0.2) is 42.7 Å². The molecule has 0 atom stereocenters. The fraction of sp³-hybridized carbons (Fsp3) is 0.267. The van der Waals surface area contributed by atoms with E-state index in [-0.39, 0.29) is 0 Å². The third-order valence-electron chi connectivity index (χ3n) is 3.50. The first-order valence-electron chi connectivity index (χ1n) is 6.41. The number of hydrogen-bond donors (Lipinski definition) is 1. The second kappa shape index (κ2) is 4.69. The van der Waals surface area contributed by atoms with Crippen molar-refractivity contribution in [2.24, 2.45) is 0 Å². The fourth-order valence-electron chi connectivity index (χ4n) is 2.47. The SMILES string of the molecule is N=Cc1ccn(-c2ccc(N3CCCC3)cc2)c1. The Balaban J connectivity index is 1.83. The molecule has 1 aliphatic heterocycles. The summed E-state index contributed by atoms with van der Waals surface area (Å²) < 4.78 is 2.05. The third-order valence-corrected chi connectivity index (χ3v) is 3.50. The Bertz CT molecular complexity index is 533. The summed E-state index contributed by atoms with van der Waals surface area (Å²) in [6.45, 7) is 2.36. The van der Waals surface area contributed by atoms with E-state index in [0.29, 0.717) is 0 Å². The van der Waals surface area contributed by atoms with Crippen molar-refractivity contribution in [2.75, 3.05) is 18.0 Å². The highest BCUT2D eigenvalue weighted by atomic mass is 15.1. The molecule has 1 aromatic carbocycles. The maximum absolute atomic E-state index is 7.22. The number of rotatable bonds is 3. The number of benzene rings is 1. The third kappa shape index (κ3) is 2.04. The van der Waals surface area contributed by atoms with E-state index in [1.54, 1.807) is 0 Å². The largest absolute Gasteiger partial charge is 0.372 e. The zero-order valence-corrected chi connectivity index (χ0v) is 10.3. The summed E-state index contributed by atoms with van der Waals surface area (Å²) in [5.41, 5.74) is 3.39. The van der Waals surface area contributed by atoms with Gasteiger partial charge in [-0.1, -0.05) is 0 Å². The summed E-state index contributed by atoms with van der Waals surface area (Å²) >= 11 is 0. The minimum atomic E-state index is 0.929. The van der Waals surface area contributed by atoms with Gasteiger partial charge in [-0.3, -0.25) is 0 Å². The minimum absolute atomic E-state index is 0.929. The van der Waals surface area contributed by atoms with Crippen LogP contribution in [0.25, 0.3) is 5.69 Å². The van der Waals surface area contributed by atoms with Crippen molar-refractivity contribution in [3.05, 3.63) is 48.3 Å². The Labute approximate surface area is 107 Å². The van der Waals surface area contributed by atoms with Gasteiger partial charge in [0.25, 0.3) is 0 Å². The van der Waals surface area contributed by atoms with Crippen LogP contribution >= 0.6 is 0 Å². The molecule has 3 nitrogen and oxygen atoms in total. The summed E-state index contributed by atoms with van der Waals surface area (Å²) in [7, 11) is 0. The van der Waals surface area contributed by atoms with E-state index < -0.39 is 0 Å². The fourth-order valence-corrected chi connectivity index (χ4v) is 2.47. The Kier molecular flexibility index (Phi) is 2.89. The van der Waals surface area contributed by atoms with Gasteiger partial charge in [-0.2, -0.15) is 0 Å². The van der Waals surface area contributed by atoms with Gasteiger partial charge >= 0.3 is 0 Å². The topological polar surface area (TPSA) is 32.0 Å². The molecule has 0 bridgehead atoms. The Hall–Kier alpha value is -2.03. The van der Waals surface area contributed by atoms with Gasteiger partial charge in [-0.05, 0) is 43.2 Å². The summed E-state index contributed by atoms with van der Waals surface area (Å²) in [6, 6.07) is 10.6. The summed E-state index contributed by atoms with van der Waals surface area (Å²) in [5.74, 6) is 0. The van der Waals surface area contributed by atoms with Crippen molar-refractivity contribution in [3.63, 3.8) is 0 Å². The zero-order chi connectivity index (χ0) is 12.4. The first-order valence-corrected chi connectivity index (χ1v) is 6.41. The molecule has 1 fully saturated rings. The molecule has 1 saturated heterocycles. The first-order chi connectivity index (χ1) is 8.86. The van der Waals surface area contributed by atoms with Crippen LogP contribution in [-0.4, -0.2) is 23.9 Å². The summed E-state index contributed by atoms with van der Waals surface area (Å²) in [6.07, 6.45) is 7.95. The molecule has 92 valence electrons. The average Bonchev–Trinajstić information content (AvgIpc) is 3.10. The van der Waals surface area contributed by atoms with Crippen molar-refractivity contribution < 1.29 is 0 Å². The first kappa shape index (κ1) is 11.1. The molecule has 0 radical (unpaired) electrons. The van der Waals surface area contributed by atoms with Crippen LogP contribution in [0.5, 0.6) is 0 Å². The van der Waals surface area contributed by atoms with E-state index in [0.717, 1.165) is 11.3 Å². The van der Waals surface area contributed by atoms with Crippen LogP contribution in [0.3, 0.4) is 0 Å². The molecular formula is C15H17N3. The monoisotopic (exact) mass is 239 g/mol. The van der Waals surface area contributed by atoms with Gasteiger partial charge in [0.05, 0.1) is 0 Å². The van der Waals surface area contributed by atoms with Crippen LogP contribution in [-0.2, 0) is 0 Å². The maximum Gasteiger partial charge on any atom is 0.0451 e. The molecule has 2 aromatic rings.